The number of hydrogen-bond acceptors (Lipinski definition) is 5. The third-order valence-corrected chi connectivity index (χ3v) is 2.52. The molecule has 0 bridgehead atoms. The predicted molar refractivity (Wildman–Crippen MR) is 58.3 cm³/mol. The first-order valence-corrected chi connectivity index (χ1v) is 5.07. The van der Waals surface area contributed by atoms with Crippen LogP contribution in [-0.2, 0) is 0 Å². The molecular formula is C11H8N2O5. The molecular weight excluding hydrogens is 240 g/mol. The highest BCUT2D eigenvalue weighted by Crippen LogP contribution is 2.33. The van der Waals surface area contributed by atoms with E-state index >= 15 is 0 Å². The van der Waals surface area contributed by atoms with Crippen LogP contribution in [-0.4, -0.2) is 32.8 Å². The minimum Gasteiger partial charge on any atom is -0.504 e. The molecule has 0 amide bonds. The van der Waals surface area contributed by atoms with Crippen molar-refractivity contribution in [3.8, 4) is 22.9 Å². The van der Waals surface area contributed by atoms with Gasteiger partial charge in [0.15, 0.2) is 17.2 Å². The molecule has 7 nitrogen and oxygen atoms in total. The van der Waals surface area contributed by atoms with Crippen LogP contribution in [0.2, 0.25) is 0 Å². The lowest BCUT2D eigenvalue weighted by Crippen LogP contribution is -2.01. The van der Waals surface area contributed by atoms with Gasteiger partial charge in [-0.2, -0.15) is 5.10 Å². The van der Waals surface area contributed by atoms with Crippen LogP contribution in [0.25, 0.3) is 5.69 Å². The first-order valence-electron chi connectivity index (χ1n) is 5.07. The van der Waals surface area contributed by atoms with Crippen LogP contribution in [0.4, 0.5) is 0 Å². The van der Waals surface area contributed by atoms with Crippen LogP contribution < -0.4 is 9.47 Å². The Kier molecular flexibility index (Phi) is 2.12. The second kappa shape index (κ2) is 3.66. The van der Waals surface area contributed by atoms with Gasteiger partial charge in [0.2, 0.25) is 12.5 Å². The lowest BCUT2D eigenvalue weighted by atomic mass is 10.3. The maximum Gasteiger partial charge on any atom is 0.360 e. The van der Waals surface area contributed by atoms with Crippen LogP contribution in [0, 0.1) is 0 Å². The summed E-state index contributed by atoms with van der Waals surface area (Å²) in [6, 6.07) is 5.03. The summed E-state index contributed by atoms with van der Waals surface area (Å²) in [6.07, 6.45) is 1.22. The summed E-state index contributed by atoms with van der Waals surface area (Å²) in [5.74, 6) is -0.500. The number of carboxylic acids is 1. The number of ether oxygens (including phenoxy) is 2. The van der Waals surface area contributed by atoms with Gasteiger partial charge in [-0.25, -0.2) is 9.48 Å². The first kappa shape index (κ1) is 10.5. The molecule has 1 aliphatic heterocycles. The molecule has 0 unspecified atom stereocenters. The van der Waals surface area contributed by atoms with E-state index in [1.54, 1.807) is 18.2 Å². The van der Waals surface area contributed by atoms with Crippen LogP contribution in [0.15, 0.2) is 24.4 Å². The fourth-order valence-corrected chi connectivity index (χ4v) is 1.68. The summed E-state index contributed by atoms with van der Waals surface area (Å²) in [4.78, 5) is 10.8. The van der Waals surface area contributed by atoms with E-state index in [-0.39, 0.29) is 12.5 Å². The third-order valence-electron chi connectivity index (χ3n) is 2.52. The van der Waals surface area contributed by atoms with Crippen molar-refractivity contribution in [2.75, 3.05) is 6.79 Å². The van der Waals surface area contributed by atoms with Gasteiger partial charge < -0.3 is 19.7 Å². The Balaban J connectivity index is 2.05. The van der Waals surface area contributed by atoms with Gasteiger partial charge in [-0.3, -0.25) is 0 Å². The van der Waals surface area contributed by atoms with Gasteiger partial charge in [0.05, 0.1) is 11.9 Å². The van der Waals surface area contributed by atoms with E-state index in [9.17, 15) is 9.90 Å². The summed E-state index contributed by atoms with van der Waals surface area (Å²) < 4.78 is 11.6. The Morgan fingerprint density at radius 1 is 1.33 bits per heavy atom. The first-order chi connectivity index (χ1) is 8.65. The number of aromatic hydroxyl groups is 1. The zero-order chi connectivity index (χ0) is 12.7. The zero-order valence-electron chi connectivity index (χ0n) is 9.03. The molecule has 0 aliphatic carbocycles. The topological polar surface area (TPSA) is 93.8 Å². The SMILES string of the molecule is O=C(O)c1nn(-c2ccc3c(c2)OCO3)cc1O. The molecule has 1 aromatic heterocycles. The molecule has 2 aromatic rings. The predicted octanol–water partition coefficient (Wildman–Crippen LogP) is 1.00. The summed E-state index contributed by atoms with van der Waals surface area (Å²) in [5.41, 5.74) is 0.176. The van der Waals surface area contributed by atoms with E-state index in [1.165, 1.54) is 10.9 Å². The number of carboxylic acid groups (broad SMARTS) is 1. The van der Waals surface area contributed by atoms with Crippen LogP contribution in [0.5, 0.6) is 17.2 Å². The smallest absolute Gasteiger partial charge is 0.360 e. The molecule has 2 N–H and O–H groups in total. The molecule has 0 fully saturated rings. The highest BCUT2D eigenvalue weighted by atomic mass is 16.7. The van der Waals surface area contributed by atoms with Crippen molar-refractivity contribution in [3.05, 3.63) is 30.1 Å². The van der Waals surface area contributed by atoms with Gasteiger partial charge in [0.1, 0.15) is 0 Å². The fraction of sp³-hybridized carbons (Fsp3) is 0.0909. The quantitative estimate of drug-likeness (QED) is 0.823. The number of benzene rings is 1. The maximum absolute atomic E-state index is 10.8. The standard InChI is InChI=1S/C11H8N2O5/c14-7-4-13(12-10(7)11(15)16)6-1-2-8-9(3-6)18-5-17-8/h1-4,14H,5H2,(H,15,16). The van der Waals surface area contributed by atoms with Crippen molar-refractivity contribution in [1.29, 1.82) is 0 Å². The number of aromatic carboxylic acids is 1. The van der Waals surface area contributed by atoms with E-state index < -0.39 is 11.7 Å². The van der Waals surface area contributed by atoms with Crippen LogP contribution in [0.3, 0.4) is 0 Å². The van der Waals surface area contributed by atoms with Gasteiger partial charge in [0, 0.05) is 6.07 Å². The average Bonchev–Trinajstić information content (AvgIpc) is 2.93. The molecule has 92 valence electrons. The van der Waals surface area contributed by atoms with Gasteiger partial charge in [-0.05, 0) is 12.1 Å². The van der Waals surface area contributed by atoms with Gasteiger partial charge in [0.25, 0.3) is 0 Å². The van der Waals surface area contributed by atoms with Gasteiger partial charge in [-0.1, -0.05) is 0 Å². The Morgan fingerprint density at radius 2 is 2.11 bits per heavy atom. The molecule has 2 heterocycles. The van der Waals surface area contributed by atoms with E-state index in [0.717, 1.165) is 0 Å². The highest BCUT2D eigenvalue weighted by molar-refractivity contribution is 5.88. The van der Waals surface area contributed by atoms with Gasteiger partial charge in [-0.15, -0.1) is 0 Å². The molecule has 0 saturated carbocycles. The van der Waals surface area contributed by atoms with E-state index in [1.807, 2.05) is 0 Å². The molecule has 18 heavy (non-hydrogen) atoms. The number of fused-ring (bicyclic) bond motifs is 1. The van der Waals surface area contributed by atoms with Crippen molar-refractivity contribution in [1.82, 2.24) is 9.78 Å². The monoisotopic (exact) mass is 248 g/mol. The molecule has 1 aromatic carbocycles. The molecule has 1 aliphatic rings. The summed E-state index contributed by atoms with van der Waals surface area (Å²) >= 11 is 0. The second-order valence-corrected chi connectivity index (χ2v) is 3.65. The molecule has 0 saturated heterocycles. The number of carbonyl (C=O) groups is 1. The Morgan fingerprint density at radius 3 is 2.83 bits per heavy atom. The molecule has 7 heteroatoms. The normalized spacial score (nSPS) is 12.7. The summed E-state index contributed by atoms with van der Waals surface area (Å²) in [5, 5.41) is 22.0. The highest BCUT2D eigenvalue weighted by Gasteiger charge is 2.18. The lowest BCUT2D eigenvalue weighted by Gasteiger charge is -2.02. The summed E-state index contributed by atoms with van der Waals surface area (Å²) in [7, 11) is 0. The number of aromatic nitrogens is 2. The van der Waals surface area contributed by atoms with E-state index in [0.29, 0.717) is 17.2 Å². The Hall–Kier alpha value is -2.70. The zero-order valence-corrected chi connectivity index (χ0v) is 9.03. The van der Waals surface area contributed by atoms with E-state index in [4.69, 9.17) is 14.6 Å². The number of nitrogens with zero attached hydrogens (tertiary/aromatic N) is 2. The number of hydrogen-bond donors (Lipinski definition) is 2. The average molecular weight is 248 g/mol. The Bertz CT molecular complexity index is 634. The van der Waals surface area contributed by atoms with Crippen molar-refractivity contribution in [3.63, 3.8) is 0 Å². The van der Waals surface area contributed by atoms with E-state index in [2.05, 4.69) is 5.10 Å². The number of rotatable bonds is 2. The molecule has 0 radical (unpaired) electrons. The van der Waals surface area contributed by atoms with Crippen molar-refractivity contribution < 1.29 is 24.5 Å². The second-order valence-electron chi connectivity index (χ2n) is 3.65. The van der Waals surface area contributed by atoms with Crippen molar-refractivity contribution in [2.24, 2.45) is 0 Å². The lowest BCUT2D eigenvalue weighted by molar-refractivity contribution is 0.0687. The molecule has 3 rings (SSSR count). The third kappa shape index (κ3) is 1.53. The Labute approximate surface area is 101 Å². The van der Waals surface area contributed by atoms with Crippen molar-refractivity contribution >= 4 is 5.97 Å². The van der Waals surface area contributed by atoms with Crippen LogP contribution in [0.1, 0.15) is 10.5 Å². The summed E-state index contributed by atoms with van der Waals surface area (Å²) in [6.45, 7) is 0.156. The van der Waals surface area contributed by atoms with Crippen LogP contribution >= 0.6 is 0 Å². The van der Waals surface area contributed by atoms with Gasteiger partial charge >= 0.3 is 5.97 Å². The van der Waals surface area contributed by atoms with Crippen molar-refractivity contribution in [2.45, 2.75) is 0 Å². The fourth-order valence-electron chi connectivity index (χ4n) is 1.68. The molecule has 0 spiro atoms. The minimum absolute atomic E-state index is 0.156. The molecule has 0 atom stereocenters. The minimum atomic E-state index is -1.29. The maximum atomic E-state index is 10.8. The largest absolute Gasteiger partial charge is 0.504 e.